The number of nitrogens with zero attached hydrogens (tertiary/aromatic N) is 1. The lowest BCUT2D eigenvalue weighted by Crippen LogP contribution is -2.41. The number of ether oxygens (including phenoxy) is 3. The van der Waals surface area contributed by atoms with Crippen molar-refractivity contribution >= 4 is 17.5 Å². The summed E-state index contributed by atoms with van der Waals surface area (Å²) in [4.78, 5) is 14.9. The molecular weight excluding hydrogens is 452 g/mol. The van der Waals surface area contributed by atoms with Gasteiger partial charge in [-0.1, -0.05) is 25.1 Å². The number of anilines is 2. The minimum absolute atomic E-state index is 0.0153. The highest BCUT2D eigenvalue weighted by atomic mass is 16.6. The molecule has 36 heavy (non-hydrogen) atoms. The second kappa shape index (κ2) is 9.97. The molecule has 2 aliphatic carbocycles. The van der Waals surface area contributed by atoms with Crippen molar-refractivity contribution in [2.24, 2.45) is 5.92 Å². The Labute approximate surface area is 214 Å². The molecule has 2 heterocycles. The van der Waals surface area contributed by atoms with E-state index in [0.29, 0.717) is 17.9 Å². The van der Waals surface area contributed by atoms with Crippen LogP contribution in [0.5, 0.6) is 5.75 Å². The van der Waals surface area contributed by atoms with E-state index in [2.05, 4.69) is 47.5 Å². The molecule has 3 fully saturated rings. The van der Waals surface area contributed by atoms with Gasteiger partial charge in [0.15, 0.2) is 0 Å². The van der Waals surface area contributed by atoms with Gasteiger partial charge in [-0.2, -0.15) is 0 Å². The number of fused-ring (bicyclic) bond motifs is 1. The highest BCUT2D eigenvalue weighted by Gasteiger charge is 2.42. The number of hydrogen-bond acceptors (Lipinski definition) is 5. The molecule has 0 radical (unpaired) electrons. The first-order valence-corrected chi connectivity index (χ1v) is 13.8. The molecule has 2 aliphatic heterocycles. The molecule has 1 saturated heterocycles. The van der Waals surface area contributed by atoms with Crippen LogP contribution in [-0.2, 0) is 9.47 Å². The van der Waals surface area contributed by atoms with E-state index in [9.17, 15) is 4.79 Å². The first-order valence-electron chi connectivity index (χ1n) is 13.8. The Morgan fingerprint density at radius 3 is 2.44 bits per heavy atom. The molecule has 0 bridgehead atoms. The van der Waals surface area contributed by atoms with Gasteiger partial charge in [-0.3, -0.25) is 5.32 Å². The van der Waals surface area contributed by atoms with E-state index in [0.717, 1.165) is 50.3 Å². The molecule has 192 valence electrons. The van der Waals surface area contributed by atoms with Gasteiger partial charge in [-0.05, 0) is 74.3 Å². The van der Waals surface area contributed by atoms with E-state index < -0.39 is 0 Å². The zero-order valence-electron chi connectivity index (χ0n) is 21.4. The summed E-state index contributed by atoms with van der Waals surface area (Å²) in [5.41, 5.74) is 4.77. The topological polar surface area (TPSA) is 60.0 Å². The lowest BCUT2D eigenvalue weighted by Gasteiger charge is -2.42. The fraction of sp³-hybridized carbons (Fsp3) is 0.567. The number of nitrogens with one attached hydrogen (secondary N) is 1. The highest BCUT2D eigenvalue weighted by molar-refractivity contribution is 5.84. The Morgan fingerprint density at radius 2 is 1.78 bits per heavy atom. The Kier molecular flexibility index (Phi) is 6.55. The average molecular weight is 491 g/mol. The molecule has 1 N–H and O–H groups in total. The first kappa shape index (κ1) is 23.7. The Morgan fingerprint density at radius 1 is 1.03 bits per heavy atom. The van der Waals surface area contributed by atoms with Gasteiger partial charge in [0.25, 0.3) is 0 Å². The summed E-state index contributed by atoms with van der Waals surface area (Å²) < 4.78 is 17.4. The average Bonchev–Trinajstić information content (AvgIpc) is 3.66. The number of benzene rings is 2. The van der Waals surface area contributed by atoms with E-state index in [1.54, 1.807) is 0 Å². The van der Waals surface area contributed by atoms with Crippen LogP contribution in [-0.4, -0.2) is 37.6 Å². The molecular formula is C30H38N2O4. The number of carbonyl (C=O) groups is 1. The smallest absolute Gasteiger partial charge is 0.411 e. The van der Waals surface area contributed by atoms with Gasteiger partial charge in [0, 0.05) is 42.2 Å². The van der Waals surface area contributed by atoms with Gasteiger partial charge in [-0.15, -0.1) is 0 Å². The molecule has 4 aliphatic rings. The standard InChI is InChI=1S/C30H38N2O4/c1-19-27-13-12-26(36-25-14-16-34-17-15-25)18-28(27)32(24-4-3-5-24)29(19)22-8-10-23(11-9-22)31-30(33)35-20(2)21-6-7-21/h8-13,18-21,24-25,29H,3-7,14-17H2,1-2H3,(H,31,33). The summed E-state index contributed by atoms with van der Waals surface area (Å²) in [6, 6.07) is 15.9. The SMILES string of the molecule is CC(OC(=O)Nc1ccc(C2C(C)c3ccc(OC4CCOCC4)cc3N2C2CCC2)cc1)C1CC1. The molecule has 6 nitrogen and oxygen atoms in total. The van der Waals surface area contributed by atoms with Crippen LogP contribution in [0.25, 0.3) is 0 Å². The molecule has 2 saturated carbocycles. The zero-order chi connectivity index (χ0) is 24.6. The van der Waals surface area contributed by atoms with Crippen LogP contribution in [0.4, 0.5) is 16.2 Å². The molecule has 0 aromatic heterocycles. The second-order valence-corrected chi connectivity index (χ2v) is 11.1. The van der Waals surface area contributed by atoms with E-state index in [1.165, 1.54) is 36.1 Å². The summed E-state index contributed by atoms with van der Waals surface area (Å²) >= 11 is 0. The summed E-state index contributed by atoms with van der Waals surface area (Å²) in [5, 5.41) is 2.90. The normalized spacial score (nSPS) is 25.1. The summed E-state index contributed by atoms with van der Waals surface area (Å²) in [5.74, 6) is 1.88. The molecule has 2 aromatic carbocycles. The molecule has 3 atom stereocenters. The van der Waals surface area contributed by atoms with Crippen molar-refractivity contribution < 1.29 is 19.0 Å². The van der Waals surface area contributed by atoms with Crippen LogP contribution in [0.3, 0.4) is 0 Å². The molecule has 3 unspecified atom stereocenters. The maximum absolute atomic E-state index is 12.3. The second-order valence-electron chi connectivity index (χ2n) is 11.1. The third kappa shape index (κ3) is 4.80. The van der Waals surface area contributed by atoms with E-state index in [1.807, 2.05) is 19.1 Å². The third-order valence-corrected chi connectivity index (χ3v) is 8.56. The Hall–Kier alpha value is -2.73. The Balaban J connectivity index is 1.19. The predicted molar refractivity (Wildman–Crippen MR) is 141 cm³/mol. The lowest BCUT2D eigenvalue weighted by molar-refractivity contribution is 0.0256. The number of hydrogen-bond donors (Lipinski definition) is 1. The molecule has 6 rings (SSSR count). The summed E-state index contributed by atoms with van der Waals surface area (Å²) in [6.07, 6.45) is 7.85. The lowest BCUT2D eigenvalue weighted by atomic mass is 9.87. The maximum Gasteiger partial charge on any atom is 0.411 e. The maximum atomic E-state index is 12.3. The first-order chi connectivity index (χ1) is 17.6. The van der Waals surface area contributed by atoms with E-state index in [4.69, 9.17) is 14.2 Å². The van der Waals surface area contributed by atoms with Gasteiger partial charge >= 0.3 is 6.09 Å². The quantitative estimate of drug-likeness (QED) is 0.462. The van der Waals surface area contributed by atoms with Gasteiger partial charge in [0.2, 0.25) is 0 Å². The van der Waals surface area contributed by atoms with E-state index >= 15 is 0 Å². The van der Waals surface area contributed by atoms with Gasteiger partial charge in [0.1, 0.15) is 18.0 Å². The van der Waals surface area contributed by atoms with Crippen LogP contribution in [0, 0.1) is 5.92 Å². The van der Waals surface area contributed by atoms with Crippen molar-refractivity contribution in [1.29, 1.82) is 0 Å². The minimum Gasteiger partial charge on any atom is -0.490 e. The summed E-state index contributed by atoms with van der Waals surface area (Å²) in [7, 11) is 0. The van der Waals surface area contributed by atoms with Crippen LogP contribution >= 0.6 is 0 Å². The van der Waals surface area contributed by atoms with Gasteiger partial charge in [-0.25, -0.2) is 4.79 Å². The minimum atomic E-state index is -0.364. The molecule has 6 heteroatoms. The molecule has 1 amide bonds. The largest absolute Gasteiger partial charge is 0.490 e. The van der Waals surface area contributed by atoms with Crippen molar-refractivity contribution in [2.45, 2.75) is 89.0 Å². The zero-order valence-corrected chi connectivity index (χ0v) is 21.4. The van der Waals surface area contributed by atoms with Crippen molar-refractivity contribution in [1.82, 2.24) is 0 Å². The Bertz CT molecular complexity index is 1070. The number of amides is 1. The van der Waals surface area contributed by atoms with E-state index in [-0.39, 0.29) is 24.3 Å². The summed E-state index contributed by atoms with van der Waals surface area (Å²) in [6.45, 7) is 5.88. The fourth-order valence-electron chi connectivity index (χ4n) is 6.03. The highest BCUT2D eigenvalue weighted by Crippen LogP contribution is 2.53. The predicted octanol–water partition coefficient (Wildman–Crippen LogP) is 6.81. The van der Waals surface area contributed by atoms with Crippen molar-refractivity contribution in [3.8, 4) is 5.75 Å². The number of rotatable bonds is 7. The van der Waals surface area contributed by atoms with Crippen LogP contribution in [0.1, 0.15) is 81.9 Å². The van der Waals surface area contributed by atoms with Crippen molar-refractivity contribution in [3.05, 3.63) is 53.6 Å². The molecule has 2 aromatic rings. The van der Waals surface area contributed by atoms with Gasteiger partial charge in [0.05, 0.1) is 19.3 Å². The third-order valence-electron chi connectivity index (χ3n) is 8.56. The van der Waals surface area contributed by atoms with Crippen LogP contribution < -0.4 is 15.0 Å². The fourth-order valence-corrected chi connectivity index (χ4v) is 6.03. The molecule has 0 spiro atoms. The van der Waals surface area contributed by atoms with Crippen molar-refractivity contribution in [3.63, 3.8) is 0 Å². The van der Waals surface area contributed by atoms with Crippen LogP contribution in [0.2, 0.25) is 0 Å². The monoisotopic (exact) mass is 490 g/mol. The van der Waals surface area contributed by atoms with Crippen LogP contribution in [0.15, 0.2) is 42.5 Å². The number of carbonyl (C=O) groups excluding carboxylic acids is 1. The van der Waals surface area contributed by atoms with Crippen molar-refractivity contribution in [2.75, 3.05) is 23.4 Å². The van der Waals surface area contributed by atoms with Gasteiger partial charge < -0.3 is 19.1 Å².